The summed E-state index contributed by atoms with van der Waals surface area (Å²) in [5.41, 5.74) is 0. The highest BCUT2D eigenvalue weighted by atomic mass is 15.2. The van der Waals surface area contributed by atoms with Crippen LogP contribution in [0, 0.1) is 11.3 Å². The molecular formula is C10H19N3. The molecule has 1 fully saturated rings. The third-order valence-corrected chi connectivity index (χ3v) is 2.77. The molecule has 1 saturated heterocycles. The minimum atomic E-state index is -0.0182. The number of rotatable bonds is 3. The van der Waals surface area contributed by atoms with E-state index in [1.54, 1.807) is 0 Å². The van der Waals surface area contributed by atoms with Crippen LogP contribution in [0.25, 0.3) is 0 Å². The Labute approximate surface area is 80.7 Å². The lowest BCUT2D eigenvalue weighted by Gasteiger charge is -2.32. The summed E-state index contributed by atoms with van der Waals surface area (Å²) in [6, 6.07) is 2.80. The molecule has 0 aromatic rings. The molecule has 1 aliphatic heterocycles. The van der Waals surface area contributed by atoms with Crippen molar-refractivity contribution >= 4 is 0 Å². The molecular weight excluding hydrogens is 162 g/mol. The lowest BCUT2D eigenvalue weighted by atomic mass is 10.0. The van der Waals surface area contributed by atoms with Crippen LogP contribution in [-0.2, 0) is 0 Å². The van der Waals surface area contributed by atoms with E-state index >= 15 is 0 Å². The number of likely N-dealkylation sites (tertiary alicyclic amines) is 1. The van der Waals surface area contributed by atoms with Crippen LogP contribution in [-0.4, -0.2) is 37.1 Å². The van der Waals surface area contributed by atoms with Crippen molar-refractivity contribution < 1.29 is 0 Å². The molecule has 1 rings (SSSR count). The smallest absolute Gasteiger partial charge is 0.0924 e. The number of hydrogen-bond donors (Lipinski definition) is 1. The zero-order chi connectivity index (χ0) is 9.68. The maximum atomic E-state index is 8.60. The van der Waals surface area contributed by atoms with Gasteiger partial charge in [-0.25, -0.2) is 0 Å². The first-order chi connectivity index (χ1) is 6.24. The summed E-state index contributed by atoms with van der Waals surface area (Å²) < 4.78 is 0. The Morgan fingerprint density at radius 1 is 1.62 bits per heavy atom. The number of hydrogen-bond acceptors (Lipinski definition) is 3. The average Bonchev–Trinajstić information content (AvgIpc) is 2.16. The lowest BCUT2D eigenvalue weighted by molar-refractivity contribution is 0.180. The van der Waals surface area contributed by atoms with Crippen molar-refractivity contribution in [3.8, 4) is 6.07 Å². The van der Waals surface area contributed by atoms with E-state index in [2.05, 4.69) is 23.3 Å². The van der Waals surface area contributed by atoms with E-state index in [0.29, 0.717) is 6.04 Å². The van der Waals surface area contributed by atoms with Gasteiger partial charge in [-0.3, -0.25) is 0 Å². The van der Waals surface area contributed by atoms with Crippen LogP contribution in [0.5, 0.6) is 0 Å². The molecule has 2 unspecified atom stereocenters. The fourth-order valence-electron chi connectivity index (χ4n) is 1.76. The molecule has 3 nitrogen and oxygen atoms in total. The van der Waals surface area contributed by atoms with E-state index in [9.17, 15) is 0 Å². The molecule has 0 amide bonds. The Hall–Kier alpha value is -0.590. The fourth-order valence-corrected chi connectivity index (χ4v) is 1.76. The molecule has 1 aliphatic rings. The van der Waals surface area contributed by atoms with Crippen molar-refractivity contribution in [2.45, 2.75) is 38.3 Å². The molecule has 3 heteroatoms. The first kappa shape index (κ1) is 10.5. The van der Waals surface area contributed by atoms with Gasteiger partial charge in [0.25, 0.3) is 0 Å². The van der Waals surface area contributed by atoms with Gasteiger partial charge < -0.3 is 10.2 Å². The highest BCUT2D eigenvalue weighted by Gasteiger charge is 2.18. The molecule has 13 heavy (non-hydrogen) atoms. The second-order valence-electron chi connectivity index (χ2n) is 3.89. The maximum Gasteiger partial charge on any atom is 0.0924 e. The quantitative estimate of drug-likeness (QED) is 0.705. The Kier molecular flexibility index (Phi) is 4.20. The van der Waals surface area contributed by atoms with Crippen LogP contribution in [0.1, 0.15) is 26.2 Å². The second-order valence-corrected chi connectivity index (χ2v) is 3.89. The summed E-state index contributed by atoms with van der Waals surface area (Å²) in [6.07, 6.45) is 3.92. The molecule has 0 aromatic heterocycles. The number of nitrogens with zero attached hydrogens (tertiary/aromatic N) is 2. The minimum Gasteiger partial charge on any atom is -0.302 e. The van der Waals surface area contributed by atoms with Crippen LogP contribution >= 0.6 is 0 Å². The lowest BCUT2D eigenvalue weighted by Crippen LogP contribution is -2.44. The highest BCUT2D eigenvalue weighted by Crippen LogP contribution is 2.13. The second kappa shape index (κ2) is 5.21. The number of likely N-dealkylation sites (N-methyl/N-ethyl adjacent to an activating group) is 1. The van der Waals surface area contributed by atoms with Gasteiger partial charge in [-0.1, -0.05) is 6.42 Å². The van der Waals surface area contributed by atoms with E-state index in [-0.39, 0.29) is 6.04 Å². The monoisotopic (exact) mass is 181 g/mol. The van der Waals surface area contributed by atoms with Crippen molar-refractivity contribution in [2.75, 3.05) is 20.1 Å². The van der Waals surface area contributed by atoms with Crippen LogP contribution in [0.2, 0.25) is 0 Å². The summed E-state index contributed by atoms with van der Waals surface area (Å²) >= 11 is 0. The van der Waals surface area contributed by atoms with Crippen LogP contribution in [0.3, 0.4) is 0 Å². The number of piperidine rings is 1. The minimum absolute atomic E-state index is 0.0182. The Morgan fingerprint density at radius 2 is 2.38 bits per heavy atom. The van der Waals surface area contributed by atoms with Crippen LogP contribution in [0.4, 0.5) is 0 Å². The van der Waals surface area contributed by atoms with Crippen molar-refractivity contribution in [2.24, 2.45) is 0 Å². The van der Waals surface area contributed by atoms with Crippen molar-refractivity contribution in [1.29, 1.82) is 5.26 Å². The van der Waals surface area contributed by atoms with Gasteiger partial charge in [0, 0.05) is 12.6 Å². The SMILES string of the molecule is CC(C#N)NCC1CCCCN1C. The molecule has 0 spiro atoms. The van der Waals surface area contributed by atoms with E-state index < -0.39 is 0 Å². The molecule has 0 bridgehead atoms. The zero-order valence-corrected chi connectivity index (χ0v) is 8.58. The predicted molar refractivity (Wildman–Crippen MR) is 53.3 cm³/mol. The third-order valence-electron chi connectivity index (χ3n) is 2.77. The third kappa shape index (κ3) is 3.33. The molecule has 74 valence electrons. The maximum absolute atomic E-state index is 8.60. The molecule has 1 heterocycles. The highest BCUT2D eigenvalue weighted by molar-refractivity contribution is 4.87. The normalized spacial score (nSPS) is 26.7. The van der Waals surface area contributed by atoms with Gasteiger partial charge in [-0.15, -0.1) is 0 Å². The Bertz CT molecular complexity index is 185. The van der Waals surface area contributed by atoms with Gasteiger partial charge in [0.15, 0.2) is 0 Å². The Balaban J connectivity index is 2.23. The fraction of sp³-hybridized carbons (Fsp3) is 0.900. The number of nitriles is 1. The molecule has 0 aromatic carbocycles. The Morgan fingerprint density at radius 3 is 3.00 bits per heavy atom. The van der Waals surface area contributed by atoms with E-state index in [4.69, 9.17) is 5.26 Å². The van der Waals surface area contributed by atoms with Crippen molar-refractivity contribution in [3.63, 3.8) is 0 Å². The van der Waals surface area contributed by atoms with E-state index in [0.717, 1.165) is 6.54 Å². The largest absolute Gasteiger partial charge is 0.302 e. The first-order valence-electron chi connectivity index (χ1n) is 5.07. The standard InChI is InChI=1S/C10H19N3/c1-9(7-11)12-8-10-5-3-4-6-13(10)2/h9-10,12H,3-6,8H2,1-2H3. The van der Waals surface area contributed by atoms with Gasteiger partial charge in [0.1, 0.15) is 0 Å². The van der Waals surface area contributed by atoms with Gasteiger partial charge in [-0.2, -0.15) is 5.26 Å². The van der Waals surface area contributed by atoms with Crippen LogP contribution in [0.15, 0.2) is 0 Å². The number of nitrogens with one attached hydrogen (secondary N) is 1. The van der Waals surface area contributed by atoms with Crippen LogP contribution < -0.4 is 5.32 Å². The van der Waals surface area contributed by atoms with Gasteiger partial charge in [0.2, 0.25) is 0 Å². The molecule has 2 atom stereocenters. The van der Waals surface area contributed by atoms with Crippen molar-refractivity contribution in [3.05, 3.63) is 0 Å². The molecule has 0 radical (unpaired) electrons. The first-order valence-corrected chi connectivity index (χ1v) is 5.07. The molecule has 0 aliphatic carbocycles. The molecule has 1 N–H and O–H groups in total. The summed E-state index contributed by atoms with van der Waals surface area (Å²) in [5, 5.41) is 11.8. The molecule has 0 saturated carbocycles. The predicted octanol–water partition coefficient (Wildman–Crippen LogP) is 0.972. The average molecular weight is 181 g/mol. The van der Waals surface area contributed by atoms with Gasteiger partial charge >= 0.3 is 0 Å². The van der Waals surface area contributed by atoms with Gasteiger partial charge in [0.05, 0.1) is 12.1 Å². The van der Waals surface area contributed by atoms with Crippen molar-refractivity contribution in [1.82, 2.24) is 10.2 Å². The summed E-state index contributed by atoms with van der Waals surface area (Å²) in [7, 11) is 2.17. The van der Waals surface area contributed by atoms with E-state index in [1.807, 2.05) is 6.92 Å². The van der Waals surface area contributed by atoms with Gasteiger partial charge in [-0.05, 0) is 33.4 Å². The zero-order valence-electron chi connectivity index (χ0n) is 8.58. The topological polar surface area (TPSA) is 39.1 Å². The van der Waals surface area contributed by atoms with E-state index in [1.165, 1.54) is 25.8 Å². The summed E-state index contributed by atoms with van der Waals surface area (Å²) in [4.78, 5) is 2.39. The summed E-state index contributed by atoms with van der Waals surface area (Å²) in [5.74, 6) is 0. The summed E-state index contributed by atoms with van der Waals surface area (Å²) in [6.45, 7) is 4.06.